The lowest BCUT2D eigenvalue weighted by molar-refractivity contribution is -0.200. The van der Waals surface area contributed by atoms with Gasteiger partial charge in [0.1, 0.15) is 0 Å². The monoisotopic (exact) mass is 278 g/mol. The molecular weight excluding hydrogens is 257 g/mol. The number of nitrogens with zero attached hydrogens (tertiary/aromatic N) is 1. The molecule has 3 nitrogen and oxygen atoms in total. The number of carbonyl (C=O) groups is 1. The fraction of sp³-hybridized carbons (Fsp3) is 0.923. The highest BCUT2D eigenvalue weighted by molar-refractivity contribution is 5.79. The standard InChI is InChI=1S/C13H21F3N2O/c14-13(15,16)11-5-2-1-4-10(11)12(19)18-8-3-6-17-7-9-18/h10-11,17H,1-9H2. The van der Waals surface area contributed by atoms with Gasteiger partial charge in [0.2, 0.25) is 5.91 Å². The summed E-state index contributed by atoms with van der Waals surface area (Å²) < 4.78 is 39.0. The van der Waals surface area contributed by atoms with E-state index in [1.165, 1.54) is 0 Å². The van der Waals surface area contributed by atoms with Crippen LogP contribution in [0, 0.1) is 11.8 Å². The van der Waals surface area contributed by atoms with E-state index in [4.69, 9.17) is 0 Å². The van der Waals surface area contributed by atoms with E-state index in [1.54, 1.807) is 4.90 Å². The molecule has 1 saturated heterocycles. The summed E-state index contributed by atoms with van der Waals surface area (Å²) in [5.41, 5.74) is 0. The van der Waals surface area contributed by atoms with Crippen LogP contribution in [0.2, 0.25) is 0 Å². The van der Waals surface area contributed by atoms with Crippen molar-refractivity contribution < 1.29 is 18.0 Å². The molecule has 0 aromatic rings. The fourth-order valence-corrected chi connectivity index (χ4v) is 3.12. The van der Waals surface area contributed by atoms with Gasteiger partial charge in [-0.25, -0.2) is 0 Å². The molecule has 2 fully saturated rings. The third-order valence-corrected chi connectivity index (χ3v) is 4.16. The molecule has 110 valence electrons. The molecule has 1 N–H and O–H groups in total. The number of nitrogens with one attached hydrogen (secondary N) is 1. The molecule has 0 aromatic carbocycles. The van der Waals surface area contributed by atoms with Crippen LogP contribution >= 0.6 is 0 Å². The first-order valence-corrected chi connectivity index (χ1v) is 7.06. The van der Waals surface area contributed by atoms with Gasteiger partial charge in [-0.2, -0.15) is 13.2 Å². The zero-order valence-electron chi connectivity index (χ0n) is 11.0. The molecule has 0 spiro atoms. The molecule has 2 unspecified atom stereocenters. The first kappa shape index (κ1) is 14.6. The molecule has 1 amide bonds. The van der Waals surface area contributed by atoms with Gasteiger partial charge in [-0.3, -0.25) is 4.79 Å². The molecule has 2 atom stereocenters. The number of rotatable bonds is 1. The molecule has 1 aliphatic carbocycles. The van der Waals surface area contributed by atoms with E-state index in [9.17, 15) is 18.0 Å². The second-order valence-corrected chi connectivity index (χ2v) is 5.47. The maximum Gasteiger partial charge on any atom is 0.392 e. The third-order valence-electron chi connectivity index (χ3n) is 4.16. The van der Waals surface area contributed by atoms with Gasteiger partial charge in [0, 0.05) is 25.6 Å². The minimum absolute atomic E-state index is 0.103. The molecule has 0 aromatic heterocycles. The Morgan fingerprint density at radius 1 is 1.05 bits per heavy atom. The minimum atomic E-state index is -4.25. The van der Waals surface area contributed by atoms with E-state index in [0.717, 1.165) is 19.4 Å². The Kier molecular flexibility index (Phi) is 4.71. The Balaban J connectivity index is 2.06. The Hall–Kier alpha value is -0.780. The number of amides is 1. The van der Waals surface area contributed by atoms with Gasteiger partial charge in [0.25, 0.3) is 0 Å². The highest BCUT2D eigenvalue weighted by Gasteiger charge is 2.48. The van der Waals surface area contributed by atoms with Crippen LogP contribution in [-0.4, -0.2) is 43.2 Å². The maximum atomic E-state index is 13.0. The molecule has 2 rings (SSSR count). The fourth-order valence-electron chi connectivity index (χ4n) is 3.12. The summed E-state index contributed by atoms with van der Waals surface area (Å²) in [6.45, 7) is 2.61. The van der Waals surface area contributed by atoms with E-state index in [0.29, 0.717) is 32.5 Å². The smallest absolute Gasteiger partial charge is 0.341 e. The number of hydrogen-bond acceptors (Lipinski definition) is 2. The Morgan fingerprint density at radius 2 is 1.79 bits per heavy atom. The van der Waals surface area contributed by atoms with Crippen molar-refractivity contribution in [2.24, 2.45) is 11.8 Å². The highest BCUT2D eigenvalue weighted by Crippen LogP contribution is 2.42. The Labute approximate surface area is 111 Å². The lowest BCUT2D eigenvalue weighted by Crippen LogP contribution is -2.45. The van der Waals surface area contributed by atoms with Gasteiger partial charge in [-0.1, -0.05) is 12.8 Å². The van der Waals surface area contributed by atoms with Crippen LogP contribution in [0.5, 0.6) is 0 Å². The summed E-state index contributed by atoms with van der Waals surface area (Å²) in [5.74, 6) is -2.58. The van der Waals surface area contributed by atoms with Crippen LogP contribution in [-0.2, 0) is 4.79 Å². The van der Waals surface area contributed by atoms with Crippen molar-refractivity contribution in [2.75, 3.05) is 26.2 Å². The average molecular weight is 278 g/mol. The first-order chi connectivity index (χ1) is 9.00. The van der Waals surface area contributed by atoms with E-state index in [1.807, 2.05) is 0 Å². The van der Waals surface area contributed by atoms with Crippen LogP contribution in [0.4, 0.5) is 13.2 Å². The summed E-state index contributed by atoms with van der Waals surface area (Å²) >= 11 is 0. The van der Waals surface area contributed by atoms with Gasteiger partial charge >= 0.3 is 6.18 Å². The van der Waals surface area contributed by atoms with Crippen LogP contribution < -0.4 is 5.32 Å². The Morgan fingerprint density at radius 3 is 2.53 bits per heavy atom. The second-order valence-electron chi connectivity index (χ2n) is 5.47. The lowest BCUT2D eigenvalue weighted by atomic mass is 9.78. The van der Waals surface area contributed by atoms with Gasteiger partial charge in [-0.15, -0.1) is 0 Å². The van der Waals surface area contributed by atoms with Crippen LogP contribution in [0.3, 0.4) is 0 Å². The van der Waals surface area contributed by atoms with Crippen LogP contribution in [0.1, 0.15) is 32.1 Å². The zero-order chi connectivity index (χ0) is 13.9. The van der Waals surface area contributed by atoms with Gasteiger partial charge in [-0.05, 0) is 25.8 Å². The number of halogens is 3. The van der Waals surface area contributed by atoms with Crippen molar-refractivity contribution in [3.63, 3.8) is 0 Å². The van der Waals surface area contributed by atoms with E-state index in [-0.39, 0.29) is 12.3 Å². The highest BCUT2D eigenvalue weighted by atomic mass is 19.4. The summed E-state index contributed by atoms with van der Waals surface area (Å²) in [7, 11) is 0. The largest absolute Gasteiger partial charge is 0.392 e. The summed E-state index contributed by atoms with van der Waals surface area (Å²) in [6.07, 6.45) is -1.64. The van der Waals surface area contributed by atoms with E-state index >= 15 is 0 Å². The molecular formula is C13H21F3N2O. The van der Waals surface area contributed by atoms with Crippen molar-refractivity contribution in [2.45, 2.75) is 38.3 Å². The molecule has 1 saturated carbocycles. The predicted molar refractivity (Wildman–Crippen MR) is 65.6 cm³/mol. The maximum absolute atomic E-state index is 13.0. The average Bonchev–Trinajstić information content (AvgIpc) is 2.66. The summed E-state index contributed by atoms with van der Waals surface area (Å²) in [4.78, 5) is 14.0. The lowest BCUT2D eigenvalue weighted by Gasteiger charge is -2.35. The molecule has 1 heterocycles. The van der Waals surface area contributed by atoms with Crippen molar-refractivity contribution in [1.82, 2.24) is 10.2 Å². The molecule has 6 heteroatoms. The van der Waals surface area contributed by atoms with Crippen LogP contribution in [0.25, 0.3) is 0 Å². The molecule has 0 bridgehead atoms. The quantitative estimate of drug-likeness (QED) is 0.797. The number of carbonyl (C=O) groups excluding carboxylic acids is 1. The van der Waals surface area contributed by atoms with Crippen LogP contribution in [0.15, 0.2) is 0 Å². The van der Waals surface area contributed by atoms with Gasteiger partial charge in [0.15, 0.2) is 0 Å². The van der Waals surface area contributed by atoms with Crippen molar-refractivity contribution in [3.8, 4) is 0 Å². The third kappa shape index (κ3) is 3.61. The molecule has 0 radical (unpaired) electrons. The van der Waals surface area contributed by atoms with Crippen molar-refractivity contribution in [3.05, 3.63) is 0 Å². The first-order valence-electron chi connectivity index (χ1n) is 7.06. The van der Waals surface area contributed by atoms with Crippen molar-refractivity contribution >= 4 is 5.91 Å². The second kappa shape index (κ2) is 6.11. The summed E-state index contributed by atoms with van der Waals surface area (Å²) in [6, 6.07) is 0. The van der Waals surface area contributed by atoms with E-state index < -0.39 is 18.0 Å². The van der Waals surface area contributed by atoms with Gasteiger partial charge in [0.05, 0.1) is 5.92 Å². The number of hydrogen-bond donors (Lipinski definition) is 1. The predicted octanol–water partition coefficient (Wildman–Crippen LogP) is 2.18. The van der Waals surface area contributed by atoms with Gasteiger partial charge < -0.3 is 10.2 Å². The Bertz CT molecular complexity index is 312. The molecule has 1 aliphatic heterocycles. The summed E-state index contributed by atoms with van der Waals surface area (Å²) in [5, 5.41) is 3.16. The topological polar surface area (TPSA) is 32.3 Å². The minimum Gasteiger partial charge on any atom is -0.341 e. The van der Waals surface area contributed by atoms with E-state index in [2.05, 4.69) is 5.32 Å². The normalized spacial score (nSPS) is 29.9. The SMILES string of the molecule is O=C(C1CCCCC1C(F)(F)F)N1CCCNCC1. The zero-order valence-corrected chi connectivity index (χ0v) is 11.0. The molecule has 2 aliphatic rings. The molecule has 19 heavy (non-hydrogen) atoms. The van der Waals surface area contributed by atoms with Crippen molar-refractivity contribution in [1.29, 1.82) is 0 Å². The number of alkyl halides is 3.